The van der Waals surface area contributed by atoms with Crippen LogP contribution in [0.1, 0.15) is 29.6 Å². The third kappa shape index (κ3) is 4.05. The van der Waals surface area contributed by atoms with Gasteiger partial charge >= 0.3 is 0 Å². The highest BCUT2D eigenvalue weighted by atomic mass is 32.2. The second kappa shape index (κ2) is 7.40. The fourth-order valence-corrected chi connectivity index (χ4v) is 3.50. The van der Waals surface area contributed by atoms with Gasteiger partial charge in [0.1, 0.15) is 22.1 Å². The van der Waals surface area contributed by atoms with Gasteiger partial charge in [-0.25, -0.2) is 27.6 Å². The Bertz CT molecular complexity index is 1220. The molecule has 3 aromatic rings. The molecule has 2 aromatic heterocycles. The molecule has 0 amide bonds. The van der Waals surface area contributed by atoms with Crippen molar-refractivity contribution in [2.75, 3.05) is 0 Å². The van der Waals surface area contributed by atoms with E-state index in [1.54, 1.807) is 16.8 Å². The molecule has 9 heteroatoms. The Kier molecular flexibility index (Phi) is 4.92. The number of halogens is 1. The van der Waals surface area contributed by atoms with Gasteiger partial charge in [0.15, 0.2) is 0 Å². The monoisotopic (exact) mass is 412 g/mol. The van der Waals surface area contributed by atoms with E-state index < -0.39 is 10.0 Å². The van der Waals surface area contributed by atoms with Crippen LogP contribution in [0.3, 0.4) is 0 Å². The quantitative estimate of drug-likeness (QED) is 0.648. The standard InChI is InChI=1S/C20H17FN4O3S/c1-13-10-20-18(12-28-13)19(24-25(20)16-6-2-14(21)3-7-16)9-5-15-4-8-17(11-23-15)29(22,26)27/h2-4,6-8,11,13H,10,12H2,1H3,(H2,22,26,27). The van der Waals surface area contributed by atoms with Crippen molar-refractivity contribution in [3.8, 4) is 17.5 Å². The van der Waals surface area contributed by atoms with Crippen LogP contribution in [0.5, 0.6) is 0 Å². The second-order valence-electron chi connectivity index (χ2n) is 6.66. The van der Waals surface area contributed by atoms with Gasteiger partial charge in [-0.05, 0) is 55.2 Å². The van der Waals surface area contributed by atoms with Gasteiger partial charge in [0, 0.05) is 18.2 Å². The van der Waals surface area contributed by atoms with E-state index in [2.05, 4.69) is 21.9 Å². The van der Waals surface area contributed by atoms with Gasteiger partial charge in [0.2, 0.25) is 10.0 Å². The first-order valence-electron chi connectivity index (χ1n) is 8.80. The summed E-state index contributed by atoms with van der Waals surface area (Å²) < 4.78 is 43.4. The Morgan fingerprint density at radius 1 is 1.21 bits per heavy atom. The van der Waals surface area contributed by atoms with Gasteiger partial charge in [0.25, 0.3) is 0 Å². The maximum absolute atomic E-state index is 13.3. The van der Waals surface area contributed by atoms with Crippen molar-refractivity contribution in [2.24, 2.45) is 5.14 Å². The molecule has 4 rings (SSSR count). The molecule has 148 valence electrons. The van der Waals surface area contributed by atoms with Crippen LogP contribution in [0, 0.1) is 17.7 Å². The molecule has 0 saturated carbocycles. The molecule has 1 unspecified atom stereocenters. The van der Waals surface area contributed by atoms with Crippen molar-refractivity contribution in [3.05, 3.63) is 71.1 Å². The number of pyridine rings is 1. The number of sulfonamides is 1. The Morgan fingerprint density at radius 2 is 1.97 bits per heavy atom. The van der Waals surface area contributed by atoms with Crippen LogP contribution in [-0.2, 0) is 27.8 Å². The van der Waals surface area contributed by atoms with Gasteiger partial charge in [-0.2, -0.15) is 5.10 Å². The number of nitrogens with zero attached hydrogens (tertiary/aromatic N) is 3. The lowest BCUT2D eigenvalue weighted by Crippen LogP contribution is -2.21. The van der Waals surface area contributed by atoms with E-state index in [0.29, 0.717) is 24.4 Å². The van der Waals surface area contributed by atoms with Crippen LogP contribution >= 0.6 is 0 Å². The zero-order valence-corrected chi connectivity index (χ0v) is 16.3. The van der Waals surface area contributed by atoms with Gasteiger partial charge in [-0.3, -0.25) is 0 Å². The van der Waals surface area contributed by atoms with E-state index in [0.717, 1.165) is 23.1 Å². The van der Waals surface area contributed by atoms with Crippen molar-refractivity contribution in [2.45, 2.75) is 31.0 Å². The van der Waals surface area contributed by atoms with Crippen LogP contribution in [0.2, 0.25) is 0 Å². The summed E-state index contributed by atoms with van der Waals surface area (Å²) in [5, 5.41) is 9.67. The molecule has 1 atom stereocenters. The van der Waals surface area contributed by atoms with Crippen LogP contribution in [0.15, 0.2) is 47.5 Å². The number of fused-ring (bicyclic) bond motifs is 1. The minimum atomic E-state index is -3.80. The Morgan fingerprint density at radius 3 is 2.62 bits per heavy atom. The molecule has 0 aliphatic carbocycles. The first-order chi connectivity index (χ1) is 13.8. The van der Waals surface area contributed by atoms with Crippen LogP contribution in [-0.4, -0.2) is 29.3 Å². The zero-order chi connectivity index (χ0) is 20.6. The number of hydrogen-bond acceptors (Lipinski definition) is 5. The van der Waals surface area contributed by atoms with E-state index in [9.17, 15) is 12.8 Å². The van der Waals surface area contributed by atoms with Crippen molar-refractivity contribution in [3.63, 3.8) is 0 Å². The molecule has 1 aromatic carbocycles. The highest BCUT2D eigenvalue weighted by Crippen LogP contribution is 2.26. The topological polar surface area (TPSA) is 100 Å². The highest BCUT2D eigenvalue weighted by molar-refractivity contribution is 7.89. The smallest absolute Gasteiger partial charge is 0.239 e. The third-order valence-corrected chi connectivity index (χ3v) is 5.43. The fourth-order valence-electron chi connectivity index (χ4n) is 3.05. The van der Waals surface area contributed by atoms with E-state index >= 15 is 0 Å². The second-order valence-corrected chi connectivity index (χ2v) is 8.22. The number of primary sulfonamides is 1. The van der Waals surface area contributed by atoms with Gasteiger partial charge in [-0.1, -0.05) is 0 Å². The summed E-state index contributed by atoms with van der Waals surface area (Å²) in [6, 6.07) is 8.92. The average molecular weight is 412 g/mol. The third-order valence-electron chi connectivity index (χ3n) is 4.53. The number of rotatable bonds is 2. The van der Waals surface area contributed by atoms with E-state index in [1.807, 2.05) is 6.92 Å². The molecule has 3 heterocycles. The molecule has 2 N–H and O–H groups in total. The maximum atomic E-state index is 13.3. The minimum Gasteiger partial charge on any atom is -0.373 e. The van der Waals surface area contributed by atoms with Crippen molar-refractivity contribution in [1.82, 2.24) is 14.8 Å². The summed E-state index contributed by atoms with van der Waals surface area (Å²) in [4.78, 5) is 3.94. The maximum Gasteiger partial charge on any atom is 0.239 e. The Balaban J connectivity index is 1.73. The average Bonchev–Trinajstić information content (AvgIpc) is 3.04. The lowest BCUT2D eigenvalue weighted by molar-refractivity contribution is 0.0397. The molecule has 7 nitrogen and oxygen atoms in total. The fraction of sp³-hybridized carbons (Fsp3) is 0.200. The summed E-state index contributed by atoms with van der Waals surface area (Å²) in [6.45, 7) is 2.35. The number of ether oxygens (including phenoxy) is 1. The molecule has 0 saturated heterocycles. The van der Waals surface area contributed by atoms with Gasteiger partial charge in [0.05, 0.1) is 24.1 Å². The molecule has 29 heavy (non-hydrogen) atoms. The number of aromatic nitrogens is 3. The van der Waals surface area contributed by atoms with Crippen LogP contribution in [0.4, 0.5) is 4.39 Å². The van der Waals surface area contributed by atoms with Crippen molar-refractivity contribution >= 4 is 10.0 Å². The number of benzene rings is 1. The Hall–Kier alpha value is -3.06. The summed E-state index contributed by atoms with van der Waals surface area (Å²) in [7, 11) is -3.80. The summed E-state index contributed by atoms with van der Waals surface area (Å²) in [6.07, 6.45) is 1.85. The number of nitrogens with two attached hydrogens (primary N) is 1. The predicted molar refractivity (Wildman–Crippen MR) is 103 cm³/mol. The van der Waals surface area contributed by atoms with Crippen LogP contribution < -0.4 is 5.14 Å². The number of hydrogen-bond donors (Lipinski definition) is 1. The van der Waals surface area contributed by atoms with E-state index in [4.69, 9.17) is 9.88 Å². The molecule has 0 spiro atoms. The molecule has 0 radical (unpaired) electrons. The molecule has 0 fully saturated rings. The van der Waals surface area contributed by atoms with E-state index in [-0.39, 0.29) is 16.8 Å². The van der Waals surface area contributed by atoms with Crippen LogP contribution in [0.25, 0.3) is 5.69 Å². The van der Waals surface area contributed by atoms with E-state index in [1.165, 1.54) is 24.3 Å². The van der Waals surface area contributed by atoms with Gasteiger partial charge in [-0.15, -0.1) is 0 Å². The summed E-state index contributed by atoms with van der Waals surface area (Å²) in [5.74, 6) is 5.55. The molecule has 1 aliphatic heterocycles. The largest absolute Gasteiger partial charge is 0.373 e. The molecular weight excluding hydrogens is 395 g/mol. The first-order valence-corrected chi connectivity index (χ1v) is 10.3. The lowest BCUT2D eigenvalue weighted by Gasteiger charge is -2.20. The van der Waals surface area contributed by atoms with Crippen molar-refractivity contribution < 1.29 is 17.5 Å². The molecule has 0 bridgehead atoms. The van der Waals surface area contributed by atoms with Gasteiger partial charge < -0.3 is 4.74 Å². The highest BCUT2D eigenvalue weighted by Gasteiger charge is 2.25. The normalized spacial score (nSPS) is 16.0. The Labute approximate surface area is 167 Å². The predicted octanol–water partition coefficient (Wildman–Crippen LogP) is 1.91. The molecular formula is C20H17FN4O3S. The summed E-state index contributed by atoms with van der Waals surface area (Å²) in [5.41, 5.74) is 3.50. The SMILES string of the molecule is CC1Cc2c(c(C#Cc3ccc(S(N)(=O)=O)cn3)nn2-c2ccc(F)cc2)CO1. The first kappa shape index (κ1) is 19.3. The zero-order valence-electron chi connectivity index (χ0n) is 15.5. The van der Waals surface area contributed by atoms with Crippen molar-refractivity contribution in [1.29, 1.82) is 0 Å². The lowest BCUT2D eigenvalue weighted by atomic mass is 10.1. The summed E-state index contributed by atoms with van der Waals surface area (Å²) >= 11 is 0. The minimum absolute atomic E-state index is 0.0339. The molecule has 1 aliphatic rings.